The molecule has 6 nitrogen and oxygen atoms in total. The predicted octanol–water partition coefficient (Wildman–Crippen LogP) is 3.95. The molecular weight excluding hydrogens is 433 g/mol. The highest BCUT2D eigenvalue weighted by atomic mass is 32.2. The average molecular weight is 453 g/mol. The van der Waals surface area contributed by atoms with Crippen LogP contribution in [-0.2, 0) is 15.0 Å². The molecule has 0 aliphatic carbocycles. The maximum Gasteiger partial charge on any atom is 0.415 e. The number of nitrogens with one attached hydrogen (secondary N) is 1. The first kappa shape index (κ1) is 22.6. The molecule has 1 saturated heterocycles. The Bertz CT molecular complexity index is 851. The number of anilines is 1. The van der Waals surface area contributed by atoms with Crippen LogP contribution in [0.2, 0.25) is 0 Å². The monoisotopic (exact) mass is 453 g/mol. The Balaban J connectivity index is 2.00. The summed E-state index contributed by atoms with van der Waals surface area (Å²) in [6.45, 7) is 1.41. The summed E-state index contributed by atoms with van der Waals surface area (Å²) in [6, 6.07) is 1.78. The van der Waals surface area contributed by atoms with Crippen molar-refractivity contribution in [3.63, 3.8) is 0 Å². The van der Waals surface area contributed by atoms with Crippen LogP contribution in [0.25, 0.3) is 0 Å². The van der Waals surface area contributed by atoms with E-state index in [-0.39, 0.29) is 23.2 Å². The minimum absolute atomic E-state index is 0.0681. The van der Waals surface area contributed by atoms with Gasteiger partial charge in [0.1, 0.15) is 5.54 Å². The predicted molar refractivity (Wildman–Crippen MR) is 101 cm³/mol. The van der Waals surface area contributed by atoms with E-state index < -0.39 is 53.6 Å². The topological polar surface area (TPSA) is 85.9 Å². The molecular formula is C18H20F5N3O3S. The van der Waals surface area contributed by atoms with Crippen LogP contribution in [0.3, 0.4) is 0 Å². The summed E-state index contributed by atoms with van der Waals surface area (Å²) in [6.07, 6.45) is -6.37. The number of carbonyl (C=O) groups excluding carboxylic acids is 1. The second-order valence-corrected chi connectivity index (χ2v) is 8.02. The molecule has 0 spiro atoms. The fraction of sp³-hybridized carbons (Fsp3) is 0.556. The Morgan fingerprint density at radius 2 is 2.17 bits per heavy atom. The van der Waals surface area contributed by atoms with Crippen LogP contribution < -0.4 is 11.1 Å². The van der Waals surface area contributed by atoms with Crippen molar-refractivity contribution in [2.45, 2.75) is 37.6 Å². The highest BCUT2D eigenvalue weighted by Gasteiger charge is 2.62. The quantitative estimate of drug-likeness (QED) is 0.410. The lowest BCUT2D eigenvalue weighted by atomic mass is 9.78. The lowest BCUT2D eigenvalue weighted by Crippen LogP contribution is -2.47. The summed E-state index contributed by atoms with van der Waals surface area (Å²) < 4.78 is 79.1. The molecule has 0 aromatic heterocycles. The highest BCUT2D eigenvalue weighted by molar-refractivity contribution is 8.13. The van der Waals surface area contributed by atoms with Crippen LogP contribution in [0, 0.1) is 17.6 Å². The van der Waals surface area contributed by atoms with Crippen molar-refractivity contribution in [1.29, 1.82) is 0 Å². The van der Waals surface area contributed by atoms with Gasteiger partial charge in [-0.05, 0) is 18.6 Å². The van der Waals surface area contributed by atoms with Crippen molar-refractivity contribution >= 4 is 28.7 Å². The summed E-state index contributed by atoms with van der Waals surface area (Å²) in [7, 11) is 0. The van der Waals surface area contributed by atoms with E-state index >= 15 is 0 Å². The number of nitrogens with zero attached hydrogens (tertiary/aromatic N) is 1. The minimum atomic E-state index is -4.73. The van der Waals surface area contributed by atoms with Crippen molar-refractivity contribution in [3.05, 3.63) is 29.3 Å². The molecule has 0 radical (unpaired) electrons. The lowest BCUT2D eigenvalue weighted by Gasteiger charge is -2.36. The fourth-order valence-corrected chi connectivity index (χ4v) is 4.67. The number of unbranched alkanes of at least 4 members (excludes halogenated alkanes) is 1. The molecule has 30 heavy (non-hydrogen) atoms. The van der Waals surface area contributed by atoms with E-state index in [0.717, 1.165) is 30.3 Å². The van der Waals surface area contributed by atoms with E-state index in [1.165, 1.54) is 0 Å². The van der Waals surface area contributed by atoms with E-state index in [9.17, 15) is 26.7 Å². The zero-order chi connectivity index (χ0) is 22.1. The fourth-order valence-electron chi connectivity index (χ4n) is 3.50. The molecule has 1 aromatic carbocycles. The molecule has 3 N–H and O–H groups in total. The Hall–Kier alpha value is -2.08. The number of hydrogen-bond acceptors (Lipinski definition) is 6. The normalized spacial score (nSPS) is 26.1. The van der Waals surface area contributed by atoms with Crippen LogP contribution in [0.15, 0.2) is 17.1 Å². The van der Waals surface area contributed by atoms with Crippen LogP contribution in [-0.4, -0.2) is 42.5 Å². The smallest absolute Gasteiger partial charge is 0.415 e. The van der Waals surface area contributed by atoms with Gasteiger partial charge in [-0.1, -0.05) is 25.1 Å². The second kappa shape index (κ2) is 8.58. The van der Waals surface area contributed by atoms with E-state index in [0.29, 0.717) is 6.42 Å². The number of hydrogen-bond donors (Lipinski definition) is 2. The third kappa shape index (κ3) is 4.34. The maximum atomic E-state index is 14.7. The largest absolute Gasteiger partial charge is 0.449 e. The summed E-state index contributed by atoms with van der Waals surface area (Å²) in [5, 5.41) is 2.29. The Kier molecular flexibility index (Phi) is 6.46. The van der Waals surface area contributed by atoms with E-state index in [1.807, 2.05) is 6.92 Å². The summed E-state index contributed by atoms with van der Waals surface area (Å²) >= 11 is 0.845. The van der Waals surface area contributed by atoms with Gasteiger partial charge in [-0.2, -0.15) is 13.2 Å². The number of amidine groups is 1. The molecule has 2 heterocycles. The zero-order valence-electron chi connectivity index (χ0n) is 15.9. The Morgan fingerprint density at radius 3 is 2.83 bits per heavy atom. The van der Waals surface area contributed by atoms with Crippen LogP contribution in [0.5, 0.6) is 0 Å². The van der Waals surface area contributed by atoms with Gasteiger partial charge in [-0.15, -0.1) is 0 Å². The van der Waals surface area contributed by atoms with Gasteiger partial charge in [0.2, 0.25) is 0 Å². The third-order valence-corrected chi connectivity index (χ3v) is 5.93. The van der Waals surface area contributed by atoms with Gasteiger partial charge >= 0.3 is 12.3 Å². The number of nitrogens with two attached hydrogens (primary N) is 1. The van der Waals surface area contributed by atoms with Crippen molar-refractivity contribution in [3.8, 4) is 0 Å². The molecule has 1 amide bonds. The van der Waals surface area contributed by atoms with E-state index in [2.05, 4.69) is 10.3 Å². The third-order valence-electron chi connectivity index (χ3n) is 4.94. The van der Waals surface area contributed by atoms with Gasteiger partial charge in [-0.3, -0.25) is 5.32 Å². The molecule has 2 aliphatic rings. The van der Waals surface area contributed by atoms with Gasteiger partial charge < -0.3 is 15.2 Å². The second-order valence-electron chi connectivity index (χ2n) is 7.01. The number of nitrogen functional groups attached to an aromatic ring is 1. The van der Waals surface area contributed by atoms with Crippen LogP contribution in [0.4, 0.5) is 32.4 Å². The van der Waals surface area contributed by atoms with Crippen LogP contribution in [0.1, 0.15) is 25.3 Å². The number of halogens is 5. The molecule has 1 fully saturated rings. The van der Waals surface area contributed by atoms with Gasteiger partial charge in [0.05, 0.1) is 13.2 Å². The first-order valence-electron chi connectivity index (χ1n) is 9.18. The molecule has 2 aliphatic heterocycles. The summed E-state index contributed by atoms with van der Waals surface area (Å²) in [5.74, 6) is -4.22. The zero-order valence-corrected chi connectivity index (χ0v) is 16.7. The number of rotatable bonds is 4. The van der Waals surface area contributed by atoms with Gasteiger partial charge in [-0.25, -0.2) is 18.6 Å². The van der Waals surface area contributed by atoms with Crippen molar-refractivity contribution in [2.75, 3.05) is 24.7 Å². The minimum Gasteiger partial charge on any atom is -0.449 e. The molecule has 1 aromatic rings. The number of thioether (sulfide) groups is 1. The number of alkyl carbamates (subject to hydrolysis) is 1. The first-order valence-corrected chi connectivity index (χ1v) is 10.2. The van der Waals surface area contributed by atoms with Crippen LogP contribution >= 0.6 is 11.8 Å². The maximum absolute atomic E-state index is 14.7. The number of benzene rings is 1. The average Bonchev–Trinajstić information content (AvgIpc) is 3.05. The molecule has 0 bridgehead atoms. The molecule has 3 rings (SSSR count). The number of alkyl halides is 3. The number of aliphatic imine (C=N–C) groups is 1. The molecule has 166 valence electrons. The highest BCUT2D eigenvalue weighted by Crippen LogP contribution is 2.52. The molecule has 3 atom stereocenters. The molecule has 0 saturated carbocycles. The summed E-state index contributed by atoms with van der Waals surface area (Å²) in [4.78, 5) is 16.1. The van der Waals surface area contributed by atoms with Crippen molar-refractivity contribution in [2.24, 2.45) is 10.9 Å². The Morgan fingerprint density at radius 1 is 1.43 bits per heavy atom. The Labute approximate surface area is 173 Å². The van der Waals surface area contributed by atoms with E-state index in [4.69, 9.17) is 15.2 Å². The number of fused-ring (bicyclic) bond motifs is 1. The van der Waals surface area contributed by atoms with Gasteiger partial charge in [0.15, 0.2) is 22.9 Å². The number of ether oxygens (including phenoxy) is 2. The first-order chi connectivity index (χ1) is 14.1. The lowest BCUT2D eigenvalue weighted by molar-refractivity contribution is -0.215. The van der Waals surface area contributed by atoms with Crippen molar-refractivity contribution < 1.29 is 36.2 Å². The summed E-state index contributed by atoms with van der Waals surface area (Å²) in [5.41, 5.74) is 3.08. The SMILES string of the molecule is CCCCOC(=O)NC1=N[C@@]2(c3cc(N)cc(F)c3F)CO[C@H](C(F)(F)F)[C@H]2CS1. The van der Waals surface area contributed by atoms with E-state index in [1.54, 1.807) is 0 Å². The van der Waals surface area contributed by atoms with Gasteiger partial charge in [0.25, 0.3) is 0 Å². The van der Waals surface area contributed by atoms with Gasteiger partial charge in [0, 0.05) is 22.9 Å². The molecule has 0 unspecified atom stereocenters. The number of carbonyl (C=O) groups is 1. The standard InChI is InChI=1S/C18H20F5N3O3S/c1-2-3-4-28-16(27)25-15-26-17(10-5-9(24)6-12(19)13(10)20)8-29-14(18(21,22)23)11(17)7-30-15/h5-6,11,14H,2-4,7-8,24H2,1H3,(H,25,26,27)/t11-,14+,17-/m1/s1. The molecule has 12 heteroatoms. The van der Waals surface area contributed by atoms with Crippen molar-refractivity contribution in [1.82, 2.24) is 5.32 Å². The number of amides is 1.